The summed E-state index contributed by atoms with van der Waals surface area (Å²) in [5, 5.41) is 0. The topological polar surface area (TPSA) is 61.9 Å². The molecule has 0 unspecified atom stereocenters. The molecule has 156 valence electrons. The molecule has 3 heterocycles. The van der Waals surface area contributed by atoms with Gasteiger partial charge in [0.25, 0.3) is 5.91 Å². The fourth-order valence-corrected chi connectivity index (χ4v) is 4.21. The third kappa shape index (κ3) is 3.67. The molecule has 0 aliphatic carbocycles. The Bertz CT molecular complexity index is 1280. The molecule has 2 aromatic heterocycles. The van der Waals surface area contributed by atoms with Crippen molar-refractivity contribution in [2.75, 3.05) is 6.54 Å². The lowest BCUT2D eigenvalue weighted by Crippen LogP contribution is -2.31. The van der Waals surface area contributed by atoms with Crippen LogP contribution in [0.15, 0.2) is 54.6 Å². The third-order valence-electron chi connectivity index (χ3n) is 5.65. The second-order valence-electron chi connectivity index (χ2n) is 7.83. The number of halogens is 2. The number of rotatable bonds is 3. The van der Waals surface area contributed by atoms with Crippen LogP contribution in [0.25, 0.3) is 22.2 Å². The van der Waals surface area contributed by atoms with Gasteiger partial charge in [-0.1, -0.05) is 12.1 Å². The summed E-state index contributed by atoms with van der Waals surface area (Å²) in [5.74, 6) is -0.704. The van der Waals surface area contributed by atoms with Gasteiger partial charge in [-0.15, -0.1) is 0 Å². The molecule has 0 spiro atoms. The van der Waals surface area contributed by atoms with Crippen LogP contribution in [0.4, 0.5) is 8.78 Å². The van der Waals surface area contributed by atoms with E-state index in [9.17, 15) is 13.6 Å². The van der Waals surface area contributed by atoms with Gasteiger partial charge in [0.05, 0.1) is 22.8 Å². The highest BCUT2D eigenvalue weighted by Crippen LogP contribution is 2.34. The van der Waals surface area contributed by atoms with E-state index in [1.54, 1.807) is 23.1 Å². The molecule has 7 heteroatoms. The van der Waals surface area contributed by atoms with E-state index < -0.39 is 0 Å². The molecule has 1 aliphatic rings. The Kier molecular flexibility index (Phi) is 4.73. The highest BCUT2D eigenvalue weighted by atomic mass is 19.1. The number of nitrogens with zero attached hydrogens (tertiary/aromatic N) is 3. The van der Waals surface area contributed by atoms with E-state index in [-0.39, 0.29) is 29.4 Å². The van der Waals surface area contributed by atoms with E-state index in [4.69, 9.17) is 4.98 Å². The Morgan fingerprint density at radius 3 is 2.58 bits per heavy atom. The summed E-state index contributed by atoms with van der Waals surface area (Å²) in [6.45, 7) is 2.50. The van der Waals surface area contributed by atoms with Crippen molar-refractivity contribution >= 4 is 16.9 Å². The minimum absolute atomic E-state index is 0.184. The molecular formula is C24H20F2N4O. The summed E-state index contributed by atoms with van der Waals surface area (Å²) in [6, 6.07) is 14.3. The molecule has 0 radical (unpaired) electrons. The number of hydrogen-bond donors (Lipinski definition) is 1. The van der Waals surface area contributed by atoms with E-state index in [0.717, 1.165) is 35.4 Å². The third-order valence-corrected chi connectivity index (χ3v) is 5.65. The Hall–Kier alpha value is -3.61. The van der Waals surface area contributed by atoms with Gasteiger partial charge in [0.1, 0.15) is 11.6 Å². The van der Waals surface area contributed by atoms with Crippen molar-refractivity contribution in [3.05, 3.63) is 83.4 Å². The zero-order valence-corrected chi connectivity index (χ0v) is 16.9. The van der Waals surface area contributed by atoms with Gasteiger partial charge in [-0.3, -0.25) is 9.78 Å². The van der Waals surface area contributed by atoms with Crippen molar-refractivity contribution in [1.29, 1.82) is 0 Å². The number of carbonyl (C=O) groups excluding carboxylic acids is 1. The van der Waals surface area contributed by atoms with E-state index in [0.29, 0.717) is 17.6 Å². The number of likely N-dealkylation sites (tertiary alicyclic amines) is 1. The quantitative estimate of drug-likeness (QED) is 0.498. The van der Waals surface area contributed by atoms with E-state index in [1.165, 1.54) is 24.3 Å². The summed E-state index contributed by atoms with van der Waals surface area (Å²) in [7, 11) is 0. The summed E-state index contributed by atoms with van der Waals surface area (Å²) in [5.41, 5.74) is 4.49. The number of hydrogen-bond acceptors (Lipinski definition) is 3. The Labute approximate surface area is 177 Å². The van der Waals surface area contributed by atoms with Crippen molar-refractivity contribution in [3.8, 4) is 11.1 Å². The number of aryl methyl sites for hydroxylation is 1. The largest absolute Gasteiger partial charge is 0.334 e. The van der Waals surface area contributed by atoms with Crippen molar-refractivity contribution in [1.82, 2.24) is 19.9 Å². The summed E-state index contributed by atoms with van der Waals surface area (Å²) in [6.07, 6.45) is 1.65. The average Bonchev–Trinajstić information content (AvgIpc) is 3.40. The van der Waals surface area contributed by atoms with E-state index in [2.05, 4.69) is 9.97 Å². The van der Waals surface area contributed by atoms with Gasteiger partial charge in [-0.25, -0.2) is 13.8 Å². The van der Waals surface area contributed by atoms with Crippen LogP contribution in [0.5, 0.6) is 0 Å². The molecule has 1 amide bonds. The molecule has 1 N–H and O–H groups in total. The smallest absolute Gasteiger partial charge is 0.290 e. The van der Waals surface area contributed by atoms with Gasteiger partial charge in [-0.2, -0.15) is 0 Å². The Morgan fingerprint density at radius 1 is 1.00 bits per heavy atom. The molecule has 5 nitrogen and oxygen atoms in total. The number of aromatic amines is 1. The van der Waals surface area contributed by atoms with E-state index >= 15 is 0 Å². The maximum atomic E-state index is 13.5. The van der Waals surface area contributed by atoms with Crippen molar-refractivity contribution in [2.45, 2.75) is 25.8 Å². The lowest BCUT2D eigenvalue weighted by Gasteiger charge is -2.24. The number of pyridine rings is 1. The average molecular weight is 418 g/mol. The number of carbonyl (C=O) groups is 1. The van der Waals surface area contributed by atoms with Crippen LogP contribution in [0.3, 0.4) is 0 Å². The Morgan fingerprint density at radius 2 is 1.77 bits per heavy atom. The number of nitrogens with one attached hydrogen (secondary N) is 1. The van der Waals surface area contributed by atoms with Gasteiger partial charge in [0.2, 0.25) is 0 Å². The molecule has 1 aliphatic heterocycles. The monoisotopic (exact) mass is 418 g/mol. The highest BCUT2D eigenvalue weighted by molar-refractivity contribution is 5.94. The van der Waals surface area contributed by atoms with Gasteiger partial charge < -0.3 is 9.88 Å². The van der Waals surface area contributed by atoms with Crippen LogP contribution in [0.1, 0.15) is 40.9 Å². The fourth-order valence-electron chi connectivity index (χ4n) is 4.21. The molecule has 1 saturated heterocycles. The molecule has 4 aromatic rings. The van der Waals surface area contributed by atoms with Gasteiger partial charge >= 0.3 is 0 Å². The standard InChI is InChI=1S/C24H20F2N4O/c1-14-11-16(15-4-6-17(25)7-5-15)12-21(27-14)22-3-2-10-30(22)24(31)23-28-19-9-8-18(26)13-20(19)29-23/h4-9,11-13,22H,2-3,10H2,1H3,(H,28,29)/t22-/m1/s1. The molecule has 0 bridgehead atoms. The number of fused-ring (bicyclic) bond motifs is 1. The first kappa shape index (κ1) is 19.4. The number of H-pyrrole nitrogens is 1. The normalized spacial score (nSPS) is 16.2. The minimum Gasteiger partial charge on any atom is -0.334 e. The van der Waals surface area contributed by atoms with Crippen LogP contribution in [-0.4, -0.2) is 32.3 Å². The zero-order chi connectivity index (χ0) is 21.5. The fraction of sp³-hybridized carbons (Fsp3) is 0.208. The van der Waals surface area contributed by atoms with Crippen LogP contribution in [0.2, 0.25) is 0 Å². The first-order valence-electron chi connectivity index (χ1n) is 10.2. The number of benzene rings is 2. The minimum atomic E-state index is -0.383. The SMILES string of the molecule is Cc1cc(-c2ccc(F)cc2)cc([C@H]2CCCN2C(=O)c2nc3ccc(F)cc3[nH]2)n1. The molecule has 1 atom stereocenters. The van der Waals surface area contributed by atoms with Crippen LogP contribution in [0, 0.1) is 18.6 Å². The molecule has 1 fully saturated rings. The molecular weight excluding hydrogens is 398 g/mol. The van der Waals surface area contributed by atoms with Crippen molar-refractivity contribution in [2.24, 2.45) is 0 Å². The second-order valence-corrected chi connectivity index (χ2v) is 7.83. The predicted molar refractivity (Wildman–Crippen MR) is 113 cm³/mol. The maximum Gasteiger partial charge on any atom is 0.290 e. The van der Waals surface area contributed by atoms with Crippen LogP contribution in [-0.2, 0) is 0 Å². The summed E-state index contributed by atoms with van der Waals surface area (Å²) in [4.78, 5) is 27.0. The highest BCUT2D eigenvalue weighted by Gasteiger charge is 2.33. The molecule has 2 aromatic carbocycles. The molecule has 0 saturated carbocycles. The summed E-state index contributed by atoms with van der Waals surface area (Å²) < 4.78 is 26.8. The van der Waals surface area contributed by atoms with E-state index in [1.807, 2.05) is 19.1 Å². The number of imidazole rings is 1. The first-order valence-corrected chi connectivity index (χ1v) is 10.2. The molecule has 5 rings (SSSR count). The zero-order valence-electron chi connectivity index (χ0n) is 16.9. The first-order chi connectivity index (χ1) is 15.0. The van der Waals surface area contributed by atoms with Crippen LogP contribution < -0.4 is 0 Å². The van der Waals surface area contributed by atoms with Crippen LogP contribution >= 0.6 is 0 Å². The number of aromatic nitrogens is 3. The predicted octanol–water partition coefficient (Wildman–Crippen LogP) is 5.19. The maximum absolute atomic E-state index is 13.5. The Balaban J connectivity index is 1.48. The summed E-state index contributed by atoms with van der Waals surface area (Å²) >= 11 is 0. The van der Waals surface area contributed by atoms with Gasteiger partial charge in [0.15, 0.2) is 5.82 Å². The lowest BCUT2D eigenvalue weighted by atomic mass is 10.0. The lowest BCUT2D eigenvalue weighted by molar-refractivity contribution is 0.0722. The molecule has 31 heavy (non-hydrogen) atoms. The second kappa shape index (κ2) is 7.58. The van der Waals surface area contributed by atoms with Gasteiger partial charge in [-0.05, 0) is 73.4 Å². The van der Waals surface area contributed by atoms with Crippen molar-refractivity contribution < 1.29 is 13.6 Å². The van der Waals surface area contributed by atoms with Gasteiger partial charge in [0, 0.05) is 12.2 Å². The van der Waals surface area contributed by atoms with Crippen molar-refractivity contribution in [3.63, 3.8) is 0 Å². The number of amides is 1.